The van der Waals surface area contributed by atoms with E-state index in [0.29, 0.717) is 4.47 Å². The molecular formula is C12H12BrFN2O. The van der Waals surface area contributed by atoms with Crippen molar-refractivity contribution >= 4 is 26.8 Å². The molecule has 2 heterocycles. The maximum absolute atomic E-state index is 13.5. The lowest BCUT2D eigenvalue weighted by Gasteiger charge is -2.23. The van der Waals surface area contributed by atoms with Crippen LogP contribution in [-0.2, 0) is 4.74 Å². The molecule has 90 valence electrons. The Kier molecular flexibility index (Phi) is 2.88. The quantitative estimate of drug-likeness (QED) is 0.804. The standard InChI is InChI=1S/C12H12BrFN2O/c13-9-5-8-7-15-16(11(8)6-10(9)14)12-3-1-2-4-17-12/h5-7,12H,1-4H2/t12-/m0/s1. The van der Waals surface area contributed by atoms with E-state index in [1.165, 1.54) is 6.07 Å². The smallest absolute Gasteiger partial charge is 0.150 e. The van der Waals surface area contributed by atoms with E-state index in [4.69, 9.17) is 4.74 Å². The van der Waals surface area contributed by atoms with E-state index < -0.39 is 0 Å². The first-order valence-electron chi connectivity index (χ1n) is 5.69. The van der Waals surface area contributed by atoms with Gasteiger partial charge >= 0.3 is 0 Å². The third-order valence-electron chi connectivity index (χ3n) is 3.07. The van der Waals surface area contributed by atoms with Gasteiger partial charge in [0.2, 0.25) is 0 Å². The van der Waals surface area contributed by atoms with Crippen LogP contribution in [0.3, 0.4) is 0 Å². The van der Waals surface area contributed by atoms with Crippen molar-refractivity contribution in [2.75, 3.05) is 6.61 Å². The van der Waals surface area contributed by atoms with Crippen molar-refractivity contribution in [3.8, 4) is 0 Å². The van der Waals surface area contributed by atoms with E-state index >= 15 is 0 Å². The van der Waals surface area contributed by atoms with Crippen molar-refractivity contribution in [2.45, 2.75) is 25.5 Å². The summed E-state index contributed by atoms with van der Waals surface area (Å²) in [5.41, 5.74) is 0.789. The summed E-state index contributed by atoms with van der Waals surface area (Å²) in [6.07, 6.45) is 4.86. The van der Waals surface area contributed by atoms with Crippen molar-refractivity contribution in [3.63, 3.8) is 0 Å². The molecule has 0 aliphatic carbocycles. The fraction of sp³-hybridized carbons (Fsp3) is 0.417. The molecular weight excluding hydrogens is 287 g/mol. The van der Waals surface area contributed by atoms with Crippen LogP contribution in [0.4, 0.5) is 4.39 Å². The second-order valence-corrected chi connectivity index (χ2v) is 5.09. The van der Waals surface area contributed by atoms with Crippen LogP contribution < -0.4 is 0 Å². The lowest BCUT2D eigenvalue weighted by atomic mass is 10.2. The zero-order valence-electron chi connectivity index (χ0n) is 9.20. The van der Waals surface area contributed by atoms with E-state index in [2.05, 4.69) is 21.0 Å². The minimum Gasteiger partial charge on any atom is -0.356 e. The first-order chi connectivity index (χ1) is 8.25. The minimum absolute atomic E-state index is 0.0539. The molecule has 1 atom stereocenters. The lowest BCUT2D eigenvalue weighted by Crippen LogP contribution is -2.18. The largest absolute Gasteiger partial charge is 0.356 e. The summed E-state index contributed by atoms with van der Waals surface area (Å²) in [5, 5.41) is 5.23. The first kappa shape index (κ1) is 11.2. The lowest BCUT2D eigenvalue weighted by molar-refractivity contribution is -0.0366. The van der Waals surface area contributed by atoms with Gasteiger partial charge in [-0.3, -0.25) is 0 Å². The topological polar surface area (TPSA) is 27.1 Å². The highest BCUT2D eigenvalue weighted by Gasteiger charge is 2.19. The van der Waals surface area contributed by atoms with Gasteiger partial charge in [0, 0.05) is 18.1 Å². The molecule has 1 saturated heterocycles. The predicted molar refractivity (Wildman–Crippen MR) is 66.2 cm³/mol. The van der Waals surface area contributed by atoms with Gasteiger partial charge < -0.3 is 4.74 Å². The summed E-state index contributed by atoms with van der Waals surface area (Å²) in [6.45, 7) is 0.755. The highest BCUT2D eigenvalue weighted by molar-refractivity contribution is 9.10. The van der Waals surface area contributed by atoms with E-state index in [1.807, 2.05) is 0 Å². The Labute approximate surface area is 107 Å². The summed E-state index contributed by atoms with van der Waals surface area (Å²) < 4.78 is 21.5. The van der Waals surface area contributed by atoms with Gasteiger partial charge in [-0.25, -0.2) is 9.07 Å². The van der Waals surface area contributed by atoms with Crippen LogP contribution in [0.1, 0.15) is 25.5 Å². The summed E-state index contributed by atoms with van der Waals surface area (Å²) in [6, 6.07) is 3.25. The Morgan fingerprint density at radius 1 is 1.41 bits per heavy atom. The Hall–Kier alpha value is -0.940. The average Bonchev–Trinajstić information content (AvgIpc) is 2.74. The molecule has 3 rings (SSSR count). The van der Waals surface area contributed by atoms with Crippen molar-refractivity contribution in [3.05, 3.63) is 28.6 Å². The molecule has 17 heavy (non-hydrogen) atoms. The number of nitrogens with zero attached hydrogens (tertiary/aromatic N) is 2. The third kappa shape index (κ3) is 1.98. The van der Waals surface area contributed by atoms with Crippen LogP contribution in [0.15, 0.2) is 22.8 Å². The first-order valence-corrected chi connectivity index (χ1v) is 6.49. The summed E-state index contributed by atoms with van der Waals surface area (Å²) >= 11 is 3.18. The normalized spacial score (nSPS) is 20.9. The number of rotatable bonds is 1. The number of hydrogen-bond donors (Lipinski definition) is 0. The van der Waals surface area contributed by atoms with Crippen LogP contribution in [0, 0.1) is 5.82 Å². The Morgan fingerprint density at radius 2 is 2.29 bits per heavy atom. The van der Waals surface area contributed by atoms with E-state index in [0.717, 1.165) is 36.8 Å². The number of benzene rings is 1. The molecule has 1 aliphatic rings. The monoisotopic (exact) mass is 298 g/mol. The molecule has 0 spiro atoms. The predicted octanol–water partition coefficient (Wildman–Crippen LogP) is 3.64. The molecule has 1 fully saturated rings. The van der Waals surface area contributed by atoms with Crippen LogP contribution in [0.25, 0.3) is 10.9 Å². The molecule has 2 aromatic rings. The van der Waals surface area contributed by atoms with Crippen LogP contribution in [-0.4, -0.2) is 16.4 Å². The van der Waals surface area contributed by atoms with Crippen LogP contribution in [0.5, 0.6) is 0 Å². The molecule has 0 amide bonds. The highest BCUT2D eigenvalue weighted by Crippen LogP contribution is 2.28. The molecule has 1 aromatic heterocycles. The van der Waals surface area contributed by atoms with Gasteiger partial charge in [0.25, 0.3) is 0 Å². The van der Waals surface area contributed by atoms with Crippen molar-refractivity contribution < 1.29 is 9.13 Å². The van der Waals surface area contributed by atoms with Crippen molar-refractivity contribution in [1.29, 1.82) is 0 Å². The van der Waals surface area contributed by atoms with Gasteiger partial charge in [0.1, 0.15) is 5.82 Å². The second kappa shape index (κ2) is 4.38. The maximum atomic E-state index is 13.5. The number of hydrogen-bond acceptors (Lipinski definition) is 2. The molecule has 0 radical (unpaired) electrons. The molecule has 0 N–H and O–H groups in total. The minimum atomic E-state index is -0.268. The Bertz CT molecular complexity index is 549. The van der Waals surface area contributed by atoms with Gasteiger partial charge in [-0.05, 0) is 41.3 Å². The van der Waals surface area contributed by atoms with E-state index in [9.17, 15) is 4.39 Å². The van der Waals surface area contributed by atoms with Gasteiger partial charge in [-0.2, -0.15) is 5.10 Å². The second-order valence-electron chi connectivity index (χ2n) is 4.24. The Balaban J connectivity index is 2.07. The average molecular weight is 299 g/mol. The highest BCUT2D eigenvalue weighted by atomic mass is 79.9. The third-order valence-corrected chi connectivity index (χ3v) is 3.67. The number of halogens is 2. The molecule has 1 aliphatic heterocycles. The SMILES string of the molecule is Fc1cc2c(cnn2[C@@H]2CCCCO2)cc1Br. The number of fused-ring (bicyclic) bond motifs is 1. The fourth-order valence-electron chi connectivity index (χ4n) is 2.19. The zero-order valence-corrected chi connectivity index (χ0v) is 10.8. The van der Waals surface area contributed by atoms with E-state index in [1.54, 1.807) is 16.9 Å². The van der Waals surface area contributed by atoms with E-state index in [-0.39, 0.29) is 12.0 Å². The van der Waals surface area contributed by atoms with Gasteiger partial charge in [0.05, 0.1) is 16.2 Å². The summed E-state index contributed by atoms with van der Waals surface area (Å²) in [7, 11) is 0. The number of ether oxygens (including phenoxy) is 1. The van der Waals surface area contributed by atoms with Crippen LogP contribution in [0.2, 0.25) is 0 Å². The molecule has 3 nitrogen and oxygen atoms in total. The summed E-state index contributed by atoms with van der Waals surface area (Å²) in [4.78, 5) is 0. The van der Waals surface area contributed by atoms with Crippen LogP contribution >= 0.6 is 15.9 Å². The molecule has 5 heteroatoms. The van der Waals surface area contributed by atoms with Crippen molar-refractivity contribution in [1.82, 2.24) is 9.78 Å². The van der Waals surface area contributed by atoms with Gasteiger partial charge in [-0.1, -0.05) is 0 Å². The van der Waals surface area contributed by atoms with Gasteiger partial charge in [0.15, 0.2) is 6.23 Å². The fourth-order valence-corrected chi connectivity index (χ4v) is 2.55. The molecule has 0 unspecified atom stereocenters. The number of aromatic nitrogens is 2. The zero-order chi connectivity index (χ0) is 11.8. The van der Waals surface area contributed by atoms with Crippen molar-refractivity contribution in [2.24, 2.45) is 0 Å². The Morgan fingerprint density at radius 3 is 3.06 bits per heavy atom. The summed E-state index contributed by atoms with van der Waals surface area (Å²) in [5.74, 6) is -0.268. The molecule has 1 aromatic carbocycles. The molecule has 0 bridgehead atoms. The van der Waals surface area contributed by atoms with Gasteiger partial charge in [-0.15, -0.1) is 0 Å². The molecule has 0 saturated carbocycles. The maximum Gasteiger partial charge on any atom is 0.150 e.